The van der Waals surface area contributed by atoms with Gasteiger partial charge in [0.25, 0.3) is 0 Å². The van der Waals surface area contributed by atoms with Crippen LogP contribution in [-0.2, 0) is 0 Å². The van der Waals surface area contributed by atoms with Gasteiger partial charge >= 0.3 is 0 Å². The second kappa shape index (κ2) is 7.33. The average Bonchev–Trinajstić information content (AvgIpc) is 3.00. The van der Waals surface area contributed by atoms with Crippen molar-refractivity contribution in [2.45, 2.75) is 75.1 Å². The summed E-state index contributed by atoms with van der Waals surface area (Å²) in [5.41, 5.74) is 0. The predicted molar refractivity (Wildman–Crippen MR) is 84.9 cm³/mol. The third-order valence-electron chi connectivity index (χ3n) is 5.32. The highest BCUT2D eigenvalue weighted by atomic mass is 32.2. The zero-order valence-electron chi connectivity index (χ0n) is 12.2. The van der Waals surface area contributed by atoms with Crippen molar-refractivity contribution in [3.8, 4) is 0 Å². The van der Waals surface area contributed by atoms with Crippen LogP contribution in [0.15, 0.2) is 0 Å². The lowest BCUT2D eigenvalue weighted by Crippen LogP contribution is -2.51. The van der Waals surface area contributed by atoms with E-state index >= 15 is 0 Å². The molecule has 0 aromatic rings. The first-order valence-corrected chi connectivity index (χ1v) is 9.57. The molecule has 4 atom stereocenters. The van der Waals surface area contributed by atoms with Gasteiger partial charge in [-0.05, 0) is 56.7 Å². The maximum atomic E-state index is 3.95. The summed E-state index contributed by atoms with van der Waals surface area (Å²) in [7, 11) is 0. The molecule has 0 aromatic heterocycles. The maximum Gasteiger partial charge on any atom is 0.0172 e. The molecule has 0 amide bonds. The molecule has 2 saturated heterocycles. The summed E-state index contributed by atoms with van der Waals surface area (Å²) in [5.74, 6) is 2.30. The van der Waals surface area contributed by atoms with E-state index in [4.69, 9.17) is 0 Å². The Labute approximate surface area is 122 Å². The highest BCUT2D eigenvalue weighted by Crippen LogP contribution is 2.31. The van der Waals surface area contributed by atoms with Gasteiger partial charge in [-0.2, -0.15) is 11.8 Å². The van der Waals surface area contributed by atoms with Gasteiger partial charge in [-0.15, -0.1) is 0 Å². The first-order valence-electron chi connectivity index (χ1n) is 8.52. The molecule has 1 saturated carbocycles. The van der Waals surface area contributed by atoms with Gasteiger partial charge in [-0.3, -0.25) is 0 Å². The topological polar surface area (TPSA) is 24.1 Å². The minimum absolute atomic E-state index is 0.797. The number of nitrogens with one attached hydrogen (secondary N) is 2. The molecule has 3 fully saturated rings. The summed E-state index contributed by atoms with van der Waals surface area (Å²) >= 11 is 2.19. The van der Waals surface area contributed by atoms with Crippen molar-refractivity contribution in [3.63, 3.8) is 0 Å². The second-order valence-corrected chi connectivity index (χ2v) is 8.06. The van der Waals surface area contributed by atoms with Gasteiger partial charge in [0, 0.05) is 23.9 Å². The first-order chi connectivity index (χ1) is 9.43. The molecular weight excluding hydrogens is 252 g/mol. The summed E-state index contributed by atoms with van der Waals surface area (Å²) in [6.45, 7) is 2.52. The van der Waals surface area contributed by atoms with Crippen molar-refractivity contribution in [2.75, 3.05) is 18.8 Å². The van der Waals surface area contributed by atoms with Crippen molar-refractivity contribution >= 4 is 11.8 Å². The Morgan fingerprint density at radius 1 is 0.947 bits per heavy atom. The molecule has 0 aromatic carbocycles. The maximum absolute atomic E-state index is 3.95. The molecule has 2 N–H and O–H groups in total. The third-order valence-corrected chi connectivity index (χ3v) is 6.71. The van der Waals surface area contributed by atoms with Crippen LogP contribution >= 0.6 is 11.8 Å². The molecule has 0 bridgehead atoms. The lowest BCUT2D eigenvalue weighted by molar-refractivity contribution is 0.182. The molecule has 0 radical (unpaired) electrons. The fraction of sp³-hybridized carbons (Fsp3) is 1.00. The Morgan fingerprint density at radius 2 is 1.84 bits per heavy atom. The van der Waals surface area contributed by atoms with E-state index in [1.165, 1.54) is 76.6 Å². The highest BCUT2D eigenvalue weighted by Gasteiger charge is 2.32. The van der Waals surface area contributed by atoms with Gasteiger partial charge in [-0.25, -0.2) is 0 Å². The van der Waals surface area contributed by atoms with E-state index in [0.717, 1.165) is 23.3 Å². The Bertz CT molecular complexity index is 259. The quantitative estimate of drug-likeness (QED) is 0.828. The smallest absolute Gasteiger partial charge is 0.0172 e. The Morgan fingerprint density at radius 3 is 2.63 bits per heavy atom. The zero-order valence-corrected chi connectivity index (χ0v) is 13.0. The molecule has 2 aliphatic heterocycles. The van der Waals surface area contributed by atoms with Gasteiger partial charge in [0.15, 0.2) is 0 Å². The van der Waals surface area contributed by atoms with Crippen molar-refractivity contribution < 1.29 is 0 Å². The van der Waals surface area contributed by atoms with E-state index in [-0.39, 0.29) is 0 Å². The van der Waals surface area contributed by atoms with E-state index in [1.54, 1.807) is 0 Å². The SMILES string of the molecule is C1CCC(C2CCCCC2NCC2CCCS2)NC1. The number of piperidine rings is 1. The van der Waals surface area contributed by atoms with Crippen LogP contribution < -0.4 is 10.6 Å². The van der Waals surface area contributed by atoms with Crippen molar-refractivity contribution in [2.24, 2.45) is 5.92 Å². The lowest BCUT2D eigenvalue weighted by Gasteiger charge is -2.40. The molecule has 1 aliphatic carbocycles. The van der Waals surface area contributed by atoms with E-state index < -0.39 is 0 Å². The van der Waals surface area contributed by atoms with E-state index in [1.807, 2.05) is 0 Å². The first kappa shape index (κ1) is 14.2. The van der Waals surface area contributed by atoms with Crippen molar-refractivity contribution in [3.05, 3.63) is 0 Å². The predicted octanol–water partition coefficient (Wildman–Crippen LogP) is 3.17. The second-order valence-electron chi connectivity index (χ2n) is 6.65. The molecule has 110 valence electrons. The lowest BCUT2D eigenvalue weighted by atomic mass is 9.77. The fourth-order valence-corrected chi connectivity index (χ4v) is 5.44. The molecule has 2 nitrogen and oxygen atoms in total. The standard InChI is InChI=1S/C16H30N2S/c1-2-8-16(18-12-13-6-5-11-19-13)14(7-1)15-9-3-4-10-17-15/h13-18H,1-12H2. The van der Waals surface area contributed by atoms with E-state index in [9.17, 15) is 0 Å². The summed E-state index contributed by atoms with van der Waals surface area (Å²) < 4.78 is 0. The molecule has 3 aliphatic rings. The summed E-state index contributed by atoms with van der Waals surface area (Å²) in [6.07, 6.45) is 12.9. The van der Waals surface area contributed by atoms with Gasteiger partial charge < -0.3 is 10.6 Å². The van der Waals surface area contributed by atoms with Gasteiger partial charge in [-0.1, -0.05) is 19.3 Å². The molecule has 0 spiro atoms. The fourth-order valence-electron chi connectivity index (χ4n) is 4.23. The number of thioether (sulfide) groups is 1. The van der Waals surface area contributed by atoms with Gasteiger partial charge in [0.1, 0.15) is 0 Å². The Hall–Kier alpha value is 0.270. The molecule has 3 rings (SSSR count). The summed E-state index contributed by atoms with van der Waals surface area (Å²) in [6, 6.07) is 1.60. The monoisotopic (exact) mass is 282 g/mol. The third kappa shape index (κ3) is 3.89. The van der Waals surface area contributed by atoms with E-state index in [0.29, 0.717) is 0 Å². The number of rotatable bonds is 4. The molecule has 19 heavy (non-hydrogen) atoms. The normalized spacial score (nSPS) is 40.4. The highest BCUT2D eigenvalue weighted by molar-refractivity contribution is 8.00. The minimum Gasteiger partial charge on any atom is -0.314 e. The van der Waals surface area contributed by atoms with Crippen LogP contribution in [0.1, 0.15) is 57.8 Å². The molecule has 4 unspecified atom stereocenters. The van der Waals surface area contributed by atoms with Crippen LogP contribution in [0.25, 0.3) is 0 Å². The van der Waals surface area contributed by atoms with Crippen LogP contribution in [0.3, 0.4) is 0 Å². The van der Waals surface area contributed by atoms with Gasteiger partial charge in [0.05, 0.1) is 0 Å². The van der Waals surface area contributed by atoms with Crippen LogP contribution in [0.2, 0.25) is 0 Å². The summed E-state index contributed by atoms with van der Waals surface area (Å²) in [5, 5.41) is 8.66. The average molecular weight is 282 g/mol. The van der Waals surface area contributed by atoms with E-state index in [2.05, 4.69) is 22.4 Å². The molecule has 3 heteroatoms. The molecular formula is C16H30N2S. The number of hydrogen-bond acceptors (Lipinski definition) is 3. The van der Waals surface area contributed by atoms with Crippen LogP contribution in [0.4, 0.5) is 0 Å². The van der Waals surface area contributed by atoms with Crippen LogP contribution in [0, 0.1) is 5.92 Å². The van der Waals surface area contributed by atoms with Crippen LogP contribution in [-0.4, -0.2) is 36.2 Å². The Balaban J connectivity index is 1.50. The largest absolute Gasteiger partial charge is 0.314 e. The van der Waals surface area contributed by atoms with Crippen LogP contribution in [0.5, 0.6) is 0 Å². The van der Waals surface area contributed by atoms with Gasteiger partial charge in [0.2, 0.25) is 0 Å². The number of hydrogen-bond donors (Lipinski definition) is 2. The Kier molecular flexibility index (Phi) is 5.48. The zero-order chi connectivity index (χ0) is 12.9. The summed E-state index contributed by atoms with van der Waals surface area (Å²) in [4.78, 5) is 0. The van der Waals surface area contributed by atoms with Crippen molar-refractivity contribution in [1.82, 2.24) is 10.6 Å². The minimum atomic E-state index is 0.797. The van der Waals surface area contributed by atoms with Crippen molar-refractivity contribution in [1.29, 1.82) is 0 Å². The molecule has 2 heterocycles.